The number of nitrogens with zero attached hydrogens (tertiary/aromatic N) is 2. The first-order valence-electron chi connectivity index (χ1n) is 10.6. The van der Waals surface area contributed by atoms with Crippen LogP contribution < -0.4 is 19.7 Å². The van der Waals surface area contributed by atoms with Gasteiger partial charge in [-0.25, -0.2) is 0 Å². The average Bonchev–Trinajstić information content (AvgIpc) is 2.77. The molecule has 1 saturated heterocycles. The minimum Gasteiger partial charge on any atom is -0.497 e. The Morgan fingerprint density at radius 3 is 2.19 bits per heavy atom. The zero-order valence-electron chi connectivity index (χ0n) is 19.0. The molecule has 0 aliphatic carbocycles. The van der Waals surface area contributed by atoms with Crippen molar-refractivity contribution in [2.45, 2.75) is 20.8 Å². The van der Waals surface area contributed by atoms with Crippen LogP contribution in [0, 0.1) is 5.41 Å². The number of rotatable bonds is 6. The second-order valence-electron chi connectivity index (χ2n) is 8.71. The Morgan fingerprint density at radius 1 is 1.00 bits per heavy atom. The van der Waals surface area contributed by atoms with Gasteiger partial charge in [-0.3, -0.25) is 9.59 Å². The molecule has 1 N–H and O–H groups in total. The van der Waals surface area contributed by atoms with Gasteiger partial charge in [0, 0.05) is 37.3 Å². The van der Waals surface area contributed by atoms with Crippen LogP contribution in [0.15, 0.2) is 42.5 Å². The van der Waals surface area contributed by atoms with Gasteiger partial charge >= 0.3 is 0 Å². The third-order valence-corrected chi connectivity index (χ3v) is 5.51. The third kappa shape index (κ3) is 6.07. The highest BCUT2D eigenvalue weighted by atomic mass is 35.5. The van der Waals surface area contributed by atoms with Gasteiger partial charge in [-0.05, 0) is 42.5 Å². The Balaban J connectivity index is 1.52. The van der Waals surface area contributed by atoms with E-state index < -0.39 is 0 Å². The number of anilines is 2. The zero-order chi connectivity index (χ0) is 23.3. The molecule has 172 valence electrons. The van der Waals surface area contributed by atoms with E-state index in [4.69, 9.17) is 21.1 Å². The third-order valence-electron chi connectivity index (χ3n) is 5.21. The summed E-state index contributed by atoms with van der Waals surface area (Å²) in [5, 5.41) is 3.35. The quantitative estimate of drug-likeness (QED) is 0.705. The summed E-state index contributed by atoms with van der Waals surface area (Å²) in [6, 6.07) is 12.5. The summed E-state index contributed by atoms with van der Waals surface area (Å²) < 4.78 is 10.6. The monoisotopic (exact) mass is 459 g/mol. The molecule has 0 saturated carbocycles. The minimum atomic E-state index is -0.378. The van der Waals surface area contributed by atoms with Crippen molar-refractivity contribution in [3.05, 3.63) is 47.5 Å². The van der Waals surface area contributed by atoms with E-state index in [-0.39, 0.29) is 23.8 Å². The molecule has 1 aliphatic rings. The molecule has 2 aromatic rings. The summed E-state index contributed by atoms with van der Waals surface area (Å²) in [5.41, 5.74) is 1.11. The van der Waals surface area contributed by atoms with E-state index in [9.17, 15) is 9.59 Å². The molecule has 7 nitrogen and oxygen atoms in total. The SMILES string of the molecule is COc1ccc(OCC(=O)Nc2ccc(N3CCN(C(=O)C(C)(C)C)CC3)c(Cl)c2)cc1. The number of nitrogens with one attached hydrogen (secondary N) is 1. The van der Waals surface area contributed by atoms with Crippen LogP contribution >= 0.6 is 11.6 Å². The van der Waals surface area contributed by atoms with Crippen LogP contribution in [0.2, 0.25) is 5.02 Å². The number of hydrogen-bond donors (Lipinski definition) is 1. The van der Waals surface area contributed by atoms with E-state index in [0.29, 0.717) is 42.6 Å². The van der Waals surface area contributed by atoms with Crippen molar-refractivity contribution in [3.8, 4) is 11.5 Å². The van der Waals surface area contributed by atoms with E-state index >= 15 is 0 Å². The number of carbonyl (C=O) groups excluding carboxylic acids is 2. The molecule has 32 heavy (non-hydrogen) atoms. The number of hydrogen-bond acceptors (Lipinski definition) is 5. The maximum atomic E-state index is 12.5. The van der Waals surface area contributed by atoms with Crippen LogP contribution in [-0.4, -0.2) is 56.6 Å². The molecule has 1 heterocycles. The van der Waals surface area contributed by atoms with Crippen molar-refractivity contribution >= 4 is 34.8 Å². The molecule has 2 amide bonds. The van der Waals surface area contributed by atoms with Crippen LogP contribution in [0.3, 0.4) is 0 Å². The fourth-order valence-electron chi connectivity index (χ4n) is 3.48. The van der Waals surface area contributed by atoms with Crippen molar-refractivity contribution in [1.82, 2.24) is 4.90 Å². The van der Waals surface area contributed by atoms with Gasteiger partial charge in [-0.1, -0.05) is 32.4 Å². The van der Waals surface area contributed by atoms with Gasteiger partial charge in [0.05, 0.1) is 17.8 Å². The second-order valence-corrected chi connectivity index (χ2v) is 9.12. The van der Waals surface area contributed by atoms with Gasteiger partial charge in [0.15, 0.2) is 6.61 Å². The molecule has 0 spiro atoms. The molecule has 0 unspecified atom stereocenters. The first kappa shape index (κ1) is 23.7. The van der Waals surface area contributed by atoms with Gasteiger partial charge in [0.1, 0.15) is 11.5 Å². The predicted octanol–water partition coefficient (Wildman–Crippen LogP) is 4.06. The maximum Gasteiger partial charge on any atom is 0.262 e. The fourth-order valence-corrected chi connectivity index (χ4v) is 3.78. The lowest BCUT2D eigenvalue weighted by atomic mass is 9.94. The van der Waals surface area contributed by atoms with Crippen LogP contribution in [-0.2, 0) is 9.59 Å². The number of benzene rings is 2. The lowest BCUT2D eigenvalue weighted by Gasteiger charge is -2.39. The van der Waals surface area contributed by atoms with E-state index in [0.717, 1.165) is 11.4 Å². The molecule has 0 aromatic heterocycles. The molecule has 2 aromatic carbocycles. The van der Waals surface area contributed by atoms with E-state index in [1.807, 2.05) is 37.8 Å². The first-order chi connectivity index (χ1) is 15.2. The maximum absolute atomic E-state index is 12.5. The summed E-state index contributed by atoms with van der Waals surface area (Å²) in [6.45, 7) is 8.44. The average molecular weight is 460 g/mol. The Morgan fingerprint density at radius 2 is 1.62 bits per heavy atom. The van der Waals surface area contributed by atoms with Crippen LogP contribution in [0.1, 0.15) is 20.8 Å². The van der Waals surface area contributed by atoms with Gasteiger partial charge in [-0.2, -0.15) is 0 Å². The number of amides is 2. The Bertz CT molecular complexity index is 949. The molecule has 3 rings (SSSR count). The smallest absolute Gasteiger partial charge is 0.262 e. The number of halogens is 1. The summed E-state index contributed by atoms with van der Waals surface area (Å²) in [6.07, 6.45) is 0. The predicted molar refractivity (Wildman–Crippen MR) is 127 cm³/mol. The summed E-state index contributed by atoms with van der Waals surface area (Å²) in [4.78, 5) is 28.8. The van der Waals surface area contributed by atoms with Gasteiger partial charge in [-0.15, -0.1) is 0 Å². The molecular formula is C24H30ClN3O4. The van der Waals surface area contributed by atoms with Crippen molar-refractivity contribution in [2.24, 2.45) is 5.41 Å². The summed E-state index contributed by atoms with van der Waals surface area (Å²) in [5.74, 6) is 1.19. The summed E-state index contributed by atoms with van der Waals surface area (Å²) in [7, 11) is 1.59. The highest BCUT2D eigenvalue weighted by molar-refractivity contribution is 6.33. The van der Waals surface area contributed by atoms with E-state index in [1.165, 1.54) is 0 Å². The normalized spacial score (nSPS) is 14.2. The van der Waals surface area contributed by atoms with Crippen molar-refractivity contribution in [3.63, 3.8) is 0 Å². The number of piperazine rings is 1. The Labute approximate surface area is 194 Å². The minimum absolute atomic E-state index is 0.116. The topological polar surface area (TPSA) is 71.1 Å². The number of carbonyl (C=O) groups is 2. The highest BCUT2D eigenvalue weighted by Gasteiger charge is 2.30. The molecule has 8 heteroatoms. The number of methoxy groups -OCH3 is 1. The molecule has 1 aliphatic heterocycles. The second kappa shape index (κ2) is 10.1. The highest BCUT2D eigenvalue weighted by Crippen LogP contribution is 2.30. The Hall–Kier alpha value is -2.93. The van der Waals surface area contributed by atoms with Crippen LogP contribution in [0.25, 0.3) is 0 Å². The molecule has 1 fully saturated rings. The molecule has 0 radical (unpaired) electrons. The fraction of sp³-hybridized carbons (Fsp3) is 0.417. The standard InChI is InChI=1S/C24H30ClN3O4/c1-24(2,3)23(30)28-13-11-27(12-14-28)21-10-5-17(15-20(21)25)26-22(29)16-32-19-8-6-18(31-4)7-9-19/h5-10,15H,11-14,16H2,1-4H3,(H,26,29). The van der Waals surface area contributed by atoms with Crippen LogP contribution in [0.5, 0.6) is 11.5 Å². The van der Waals surface area contributed by atoms with Crippen molar-refractivity contribution in [1.29, 1.82) is 0 Å². The van der Waals surface area contributed by atoms with Gasteiger partial charge in [0.25, 0.3) is 5.91 Å². The molecular weight excluding hydrogens is 430 g/mol. The first-order valence-corrected chi connectivity index (χ1v) is 11.0. The zero-order valence-corrected chi connectivity index (χ0v) is 19.7. The van der Waals surface area contributed by atoms with E-state index in [2.05, 4.69) is 10.2 Å². The van der Waals surface area contributed by atoms with Crippen molar-refractivity contribution < 1.29 is 19.1 Å². The lowest BCUT2D eigenvalue weighted by molar-refractivity contribution is -0.139. The van der Waals surface area contributed by atoms with Crippen molar-refractivity contribution in [2.75, 3.05) is 50.1 Å². The molecule has 0 bridgehead atoms. The molecule has 0 atom stereocenters. The van der Waals surface area contributed by atoms with Gasteiger partial charge < -0.3 is 24.6 Å². The van der Waals surface area contributed by atoms with E-state index in [1.54, 1.807) is 37.4 Å². The lowest BCUT2D eigenvalue weighted by Crippen LogP contribution is -2.51. The summed E-state index contributed by atoms with van der Waals surface area (Å²) >= 11 is 6.50. The largest absolute Gasteiger partial charge is 0.497 e. The van der Waals surface area contributed by atoms with Gasteiger partial charge in [0.2, 0.25) is 5.91 Å². The van der Waals surface area contributed by atoms with Crippen LogP contribution in [0.4, 0.5) is 11.4 Å². The Kier molecular flexibility index (Phi) is 7.51. The number of ether oxygens (including phenoxy) is 2.